The Morgan fingerprint density at radius 1 is 1.15 bits per heavy atom. The van der Waals surface area contributed by atoms with Gasteiger partial charge in [0.2, 0.25) is 0 Å². The fourth-order valence-corrected chi connectivity index (χ4v) is 1.84. The molecule has 2 aromatic carbocycles. The lowest BCUT2D eigenvalue weighted by Crippen LogP contribution is -2.20. The smallest absolute Gasteiger partial charge is 0.308 e. The van der Waals surface area contributed by atoms with E-state index in [4.69, 9.17) is 5.26 Å². The summed E-state index contributed by atoms with van der Waals surface area (Å²) in [7, 11) is 0. The van der Waals surface area contributed by atoms with Crippen LogP contribution in [0.15, 0.2) is 46.9 Å². The molecule has 0 aliphatic rings. The summed E-state index contributed by atoms with van der Waals surface area (Å²) in [6.45, 7) is 0. The van der Waals surface area contributed by atoms with Crippen LogP contribution in [0.3, 0.4) is 0 Å². The number of nitriles is 1. The Bertz CT molecular complexity index is 680. The average Bonchev–Trinajstić information content (AvgIpc) is 2.43. The number of hydrogen-bond acceptors (Lipinski definition) is 2. The minimum Gasteiger partial charge on any atom is -0.308 e. The van der Waals surface area contributed by atoms with Gasteiger partial charge in [-0.1, -0.05) is 15.9 Å². The number of anilines is 2. The van der Waals surface area contributed by atoms with Crippen LogP contribution >= 0.6 is 15.9 Å². The molecule has 2 aromatic rings. The van der Waals surface area contributed by atoms with Crippen LogP contribution in [0, 0.1) is 17.1 Å². The summed E-state index contributed by atoms with van der Waals surface area (Å²) in [5.41, 5.74) is 1.09. The number of benzene rings is 2. The minimum atomic E-state index is -0.559. The minimum absolute atomic E-state index is 0.0827. The second kappa shape index (κ2) is 6.17. The molecule has 20 heavy (non-hydrogen) atoms. The fourth-order valence-electron chi connectivity index (χ4n) is 1.50. The fraction of sp³-hybridized carbons (Fsp3) is 0. The van der Waals surface area contributed by atoms with Crippen LogP contribution in [0.5, 0.6) is 0 Å². The van der Waals surface area contributed by atoms with Crippen molar-refractivity contribution in [3.05, 3.63) is 58.3 Å². The second-order valence-electron chi connectivity index (χ2n) is 3.89. The summed E-state index contributed by atoms with van der Waals surface area (Å²) in [5, 5.41) is 13.6. The number of rotatable bonds is 2. The van der Waals surface area contributed by atoms with E-state index in [0.717, 1.165) is 0 Å². The molecular formula is C14H9BrFN3O. The second-order valence-corrected chi connectivity index (χ2v) is 4.81. The first-order valence-corrected chi connectivity index (χ1v) is 6.41. The van der Waals surface area contributed by atoms with Crippen molar-refractivity contribution in [1.29, 1.82) is 5.26 Å². The van der Waals surface area contributed by atoms with Crippen LogP contribution in [0.1, 0.15) is 5.56 Å². The molecule has 0 heterocycles. The molecule has 0 aromatic heterocycles. The van der Waals surface area contributed by atoms with Gasteiger partial charge in [0.25, 0.3) is 0 Å². The highest BCUT2D eigenvalue weighted by Gasteiger charge is 2.07. The van der Waals surface area contributed by atoms with Crippen LogP contribution in [-0.2, 0) is 0 Å². The van der Waals surface area contributed by atoms with E-state index in [0.29, 0.717) is 15.7 Å². The third-order valence-corrected chi connectivity index (χ3v) is 2.94. The Balaban J connectivity index is 2.03. The molecule has 0 atom stereocenters. The predicted molar refractivity (Wildman–Crippen MR) is 77.9 cm³/mol. The number of nitrogens with one attached hydrogen (secondary N) is 2. The van der Waals surface area contributed by atoms with Crippen molar-refractivity contribution in [3.63, 3.8) is 0 Å². The van der Waals surface area contributed by atoms with E-state index in [1.807, 2.05) is 6.07 Å². The highest BCUT2D eigenvalue weighted by Crippen LogP contribution is 2.19. The molecule has 2 amide bonds. The summed E-state index contributed by atoms with van der Waals surface area (Å²) < 4.78 is 14.1. The first-order valence-electron chi connectivity index (χ1n) is 5.62. The Morgan fingerprint density at radius 2 is 1.85 bits per heavy atom. The van der Waals surface area contributed by atoms with Gasteiger partial charge < -0.3 is 10.6 Å². The first kappa shape index (κ1) is 14.0. The molecule has 6 heteroatoms. The normalized spacial score (nSPS) is 9.65. The number of amides is 2. The number of halogens is 2. The van der Waals surface area contributed by atoms with Crippen LogP contribution < -0.4 is 10.6 Å². The number of nitrogens with zero attached hydrogens (tertiary/aromatic N) is 1. The monoisotopic (exact) mass is 333 g/mol. The zero-order valence-electron chi connectivity index (χ0n) is 10.2. The summed E-state index contributed by atoms with van der Waals surface area (Å²) in [6, 6.07) is 12.1. The molecule has 4 nitrogen and oxygen atoms in total. The standard InChI is InChI=1S/C14H9BrFN3O/c15-10-3-6-13(12(16)7-10)19-14(20)18-11-4-1-9(8-17)2-5-11/h1-7H,(H2,18,19,20). The van der Waals surface area contributed by atoms with E-state index >= 15 is 0 Å². The van der Waals surface area contributed by atoms with Crippen LogP contribution in [0.2, 0.25) is 0 Å². The lowest BCUT2D eigenvalue weighted by atomic mass is 10.2. The molecule has 100 valence electrons. The highest BCUT2D eigenvalue weighted by molar-refractivity contribution is 9.10. The summed E-state index contributed by atoms with van der Waals surface area (Å²) in [6.07, 6.45) is 0. The van der Waals surface area contributed by atoms with E-state index in [1.54, 1.807) is 30.3 Å². The third-order valence-electron chi connectivity index (χ3n) is 2.45. The van der Waals surface area contributed by atoms with Gasteiger partial charge in [0.05, 0.1) is 17.3 Å². The van der Waals surface area contributed by atoms with Crippen molar-refractivity contribution in [2.75, 3.05) is 10.6 Å². The quantitative estimate of drug-likeness (QED) is 0.868. The third kappa shape index (κ3) is 3.56. The molecule has 0 fully saturated rings. The molecule has 0 spiro atoms. The lowest BCUT2D eigenvalue weighted by Gasteiger charge is -2.08. The maximum atomic E-state index is 13.5. The van der Waals surface area contributed by atoms with Gasteiger partial charge in [-0.3, -0.25) is 0 Å². The number of carbonyl (C=O) groups excluding carboxylic acids is 1. The number of urea groups is 1. The number of carbonyl (C=O) groups is 1. The van der Waals surface area contributed by atoms with Crippen molar-refractivity contribution in [1.82, 2.24) is 0 Å². The first-order chi connectivity index (χ1) is 9.58. The van der Waals surface area contributed by atoms with E-state index in [9.17, 15) is 9.18 Å². The topological polar surface area (TPSA) is 64.9 Å². The van der Waals surface area contributed by atoms with Gasteiger partial charge in [0.1, 0.15) is 5.82 Å². The van der Waals surface area contributed by atoms with Crippen molar-refractivity contribution in [3.8, 4) is 6.07 Å². The molecule has 2 rings (SSSR count). The van der Waals surface area contributed by atoms with Crippen LogP contribution in [0.25, 0.3) is 0 Å². The maximum Gasteiger partial charge on any atom is 0.323 e. The molecule has 0 aliphatic heterocycles. The van der Waals surface area contributed by atoms with Gasteiger partial charge in [0.15, 0.2) is 0 Å². The van der Waals surface area contributed by atoms with E-state index in [-0.39, 0.29) is 5.69 Å². The van der Waals surface area contributed by atoms with Gasteiger partial charge in [-0.15, -0.1) is 0 Å². The summed E-state index contributed by atoms with van der Waals surface area (Å²) in [5.74, 6) is -0.533. The van der Waals surface area contributed by atoms with Gasteiger partial charge in [0, 0.05) is 10.2 Å². The Kier molecular flexibility index (Phi) is 4.33. The van der Waals surface area contributed by atoms with Crippen molar-refractivity contribution < 1.29 is 9.18 Å². The molecule has 0 unspecified atom stereocenters. The summed E-state index contributed by atoms with van der Waals surface area (Å²) >= 11 is 3.14. The molecule has 2 N–H and O–H groups in total. The Hall–Kier alpha value is -2.39. The SMILES string of the molecule is N#Cc1ccc(NC(=O)Nc2ccc(Br)cc2F)cc1. The summed E-state index contributed by atoms with van der Waals surface area (Å²) in [4.78, 5) is 11.7. The van der Waals surface area contributed by atoms with Gasteiger partial charge in [-0.25, -0.2) is 9.18 Å². The highest BCUT2D eigenvalue weighted by atomic mass is 79.9. The molecular weight excluding hydrogens is 325 g/mol. The lowest BCUT2D eigenvalue weighted by molar-refractivity contribution is 0.262. The van der Waals surface area contributed by atoms with E-state index in [2.05, 4.69) is 26.6 Å². The Labute approximate surface area is 123 Å². The molecule has 0 bridgehead atoms. The van der Waals surface area contributed by atoms with Gasteiger partial charge in [-0.2, -0.15) is 5.26 Å². The van der Waals surface area contributed by atoms with E-state index in [1.165, 1.54) is 12.1 Å². The zero-order valence-corrected chi connectivity index (χ0v) is 11.7. The van der Waals surface area contributed by atoms with Crippen molar-refractivity contribution >= 4 is 33.3 Å². The predicted octanol–water partition coefficient (Wildman–Crippen LogP) is 4.10. The molecule has 0 saturated heterocycles. The van der Waals surface area contributed by atoms with Crippen molar-refractivity contribution in [2.24, 2.45) is 0 Å². The largest absolute Gasteiger partial charge is 0.323 e. The van der Waals surface area contributed by atoms with Crippen molar-refractivity contribution in [2.45, 2.75) is 0 Å². The number of hydrogen-bond donors (Lipinski definition) is 2. The molecule has 0 aliphatic carbocycles. The van der Waals surface area contributed by atoms with Crippen LogP contribution in [-0.4, -0.2) is 6.03 Å². The average molecular weight is 334 g/mol. The Morgan fingerprint density at radius 3 is 2.45 bits per heavy atom. The zero-order chi connectivity index (χ0) is 14.5. The maximum absolute atomic E-state index is 13.5. The van der Waals surface area contributed by atoms with Crippen LogP contribution in [0.4, 0.5) is 20.6 Å². The van der Waals surface area contributed by atoms with Gasteiger partial charge >= 0.3 is 6.03 Å². The van der Waals surface area contributed by atoms with E-state index < -0.39 is 11.8 Å². The molecule has 0 radical (unpaired) electrons. The molecule has 0 saturated carbocycles. The van der Waals surface area contributed by atoms with Gasteiger partial charge in [-0.05, 0) is 42.5 Å².